The summed E-state index contributed by atoms with van der Waals surface area (Å²) < 4.78 is 0. The Kier molecular flexibility index (Phi) is 6.52. The van der Waals surface area contributed by atoms with Gasteiger partial charge in [0.25, 0.3) is 11.8 Å². The number of nitrogens with zero attached hydrogens (tertiary/aromatic N) is 1. The molecule has 0 radical (unpaired) electrons. The van der Waals surface area contributed by atoms with Gasteiger partial charge in [-0.3, -0.25) is 9.59 Å². The summed E-state index contributed by atoms with van der Waals surface area (Å²) in [5.74, 6) is -0.0634. The van der Waals surface area contributed by atoms with Crippen molar-refractivity contribution in [3.8, 4) is 0 Å². The minimum Gasteiger partial charge on any atom is -0.337 e. The first-order chi connectivity index (χ1) is 11.4. The van der Waals surface area contributed by atoms with E-state index in [1.165, 1.54) is 0 Å². The number of anilines is 1. The third-order valence-electron chi connectivity index (χ3n) is 3.68. The van der Waals surface area contributed by atoms with Gasteiger partial charge >= 0.3 is 0 Å². The van der Waals surface area contributed by atoms with Crippen LogP contribution < -0.4 is 10.2 Å². The van der Waals surface area contributed by atoms with Crippen LogP contribution >= 0.6 is 11.3 Å². The number of quaternary nitrogens is 1. The highest BCUT2D eigenvalue weighted by Gasteiger charge is 2.17. The Balaban J connectivity index is 1.76. The standard InChI is InChI=1S/C18H23N3O2S/c1-14-4-6-16(7-5-14)19-17(22)11-20(2)12-18(23)21(3)10-15-8-9-24-13-15/h4-9,13H,10-12H2,1-3H3,(H,19,22)/p+1. The number of hydrogen-bond donors (Lipinski definition) is 2. The predicted octanol–water partition coefficient (Wildman–Crippen LogP) is 1.17. The lowest BCUT2D eigenvalue weighted by molar-refractivity contribution is -0.862. The Morgan fingerprint density at radius 1 is 1.17 bits per heavy atom. The van der Waals surface area contributed by atoms with E-state index in [2.05, 4.69) is 5.32 Å². The van der Waals surface area contributed by atoms with Crippen molar-refractivity contribution in [2.24, 2.45) is 0 Å². The van der Waals surface area contributed by atoms with Crippen LogP contribution in [0.3, 0.4) is 0 Å². The zero-order valence-corrected chi connectivity index (χ0v) is 15.2. The SMILES string of the molecule is Cc1ccc(NC(=O)C[NH+](C)CC(=O)N(C)Cc2ccsc2)cc1. The molecule has 0 saturated carbocycles. The number of benzene rings is 1. The molecule has 0 spiro atoms. The molecule has 0 aliphatic carbocycles. The maximum absolute atomic E-state index is 12.2. The summed E-state index contributed by atoms with van der Waals surface area (Å²) in [4.78, 5) is 26.9. The molecule has 0 aliphatic heterocycles. The van der Waals surface area contributed by atoms with Gasteiger partial charge in [0.2, 0.25) is 0 Å². The Morgan fingerprint density at radius 2 is 1.88 bits per heavy atom. The highest BCUT2D eigenvalue weighted by Crippen LogP contribution is 2.08. The molecule has 0 saturated heterocycles. The molecule has 1 aromatic heterocycles. The van der Waals surface area contributed by atoms with E-state index in [4.69, 9.17) is 0 Å². The van der Waals surface area contributed by atoms with Gasteiger partial charge in [-0.1, -0.05) is 17.7 Å². The normalized spacial score (nSPS) is 11.8. The molecule has 0 bridgehead atoms. The average molecular weight is 346 g/mol. The third-order valence-corrected chi connectivity index (χ3v) is 4.41. The number of aryl methyl sites for hydroxylation is 1. The first kappa shape index (κ1) is 18.2. The highest BCUT2D eigenvalue weighted by atomic mass is 32.1. The highest BCUT2D eigenvalue weighted by molar-refractivity contribution is 7.07. The van der Waals surface area contributed by atoms with Crippen LogP contribution in [0.4, 0.5) is 5.69 Å². The first-order valence-corrected chi connectivity index (χ1v) is 8.81. The second-order valence-corrected chi connectivity index (χ2v) is 6.89. The van der Waals surface area contributed by atoms with Crippen molar-refractivity contribution < 1.29 is 14.5 Å². The van der Waals surface area contributed by atoms with E-state index >= 15 is 0 Å². The van der Waals surface area contributed by atoms with Crippen LogP contribution in [0.2, 0.25) is 0 Å². The largest absolute Gasteiger partial charge is 0.337 e. The number of rotatable bonds is 7. The number of nitrogens with one attached hydrogen (secondary N) is 2. The Morgan fingerprint density at radius 3 is 2.50 bits per heavy atom. The molecule has 0 aliphatic rings. The van der Waals surface area contributed by atoms with Crippen molar-refractivity contribution in [2.45, 2.75) is 13.5 Å². The lowest BCUT2D eigenvalue weighted by Crippen LogP contribution is -3.11. The van der Waals surface area contributed by atoms with Crippen LogP contribution in [0.15, 0.2) is 41.1 Å². The van der Waals surface area contributed by atoms with Gasteiger partial charge in [0, 0.05) is 19.3 Å². The van der Waals surface area contributed by atoms with E-state index < -0.39 is 0 Å². The quantitative estimate of drug-likeness (QED) is 0.791. The molecule has 2 rings (SSSR count). The van der Waals surface area contributed by atoms with Gasteiger partial charge in [0.15, 0.2) is 13.1 Å². The monoisotopic (exact) mass is 346 g/mol. The molecule has 0 fully saturated rings. The van der Waals surface area contributed by atoms with E-state index in [0.717, 1.165) is 21.7 Å². The van der Waals surface area contributed by atoms with Crippen LogP contribution in [0.5, 0.6) is 0 Å². The summed E-state index contributed by atoms with van der Waals surface area (Å²) in [5.41, 5.74) is 3.06. The molecule has 1 aromatic carbocycles. The average Bonchev–Trinajstić information content (AvgIpc) is 3.02. The molecule has 24 heavy (non-hydrogen) atoms. The van der Waals surface area contributed by atoms with Gasteiger partial charge in [-0.2, -0.15) is 11.3 Å². The van der Waals surface area contributed by atoms with E-state index in [-0.39, 0.29) is 18.4 Å². The number of carbonyl (C=O) groups is 2. The summed E-state index contributed by atoms with van der Waals surface area (Å²) in [6, 6.07) is 9.68. The van der Waals surface area contributed by atoms with Gasteiger partial charge in [-0.25, -0.2) is 0 Å². The van der Waals surface area contributed by atoms with Crippen LogP contribution in [0.25, 0.3) is 0 Å². The number of amides is 2. The fourth-order valence-corrected chi connectivity index (χ4v) is 2.98. The van der Waals surface area contributed by atoms with Gasteiger partial charge in [0.1, 0.15) is 0 Å². The van der Waals surface area contributed by atoms with Gasteiger partial charge in [-0.15, -0.1) is 0 Å². The smallest absolute Gasteiger partial charge is 0.279 e. The lowest BCUT2D eigenvalue weighted by Gasteiger charge is -2.19. The van der Waals surface area contributed by atoms with Crippen molar-refractivity contribution in [1.29, 1.82) is 0 Å². The van der Waals surface area contributed by atoms with Crippen molar-refractivity contribution in [1.82, 2.24) is 4.90 Å². The Hall–Kier alpha value is -2.18. The van der Waals surface area contributed by atoms with Crippen molar-refractivity contribution in [3.63, 3.8) is 0 Å². The van der Waals surface area contributed by atoms with Crippen LogP contribution in [-0.2, 0) is 16.1 Å². The fourth-order valence-electron chi connectivity index (χ4n) is 2.32. The molecule has 1 heterocycles. The number of carbonyl (C=O) groups excluding carboxylic acids is 2. The lowest BCUT2D eigenvalue weighted by atomic mass is 10.2. The summed E-state index contributed by atoms with van der Waals surface area (Å²) in [6.07, 6.45) is 0. The molecule has 128 valence electrons. The van der Waals surface area contributed by atoms with E-state index in [1.807, 2.05) is 55.1 Å². The molecule has 1 unspecified atom stereocenters. The maximum Gasteiger partial charge on any atom is 0.279 e. The second-order valence-electron chi connectivity index (χ2n) is 6.11. The number of likely N-dealkylation sites (N-methyl/N-ethyl adjacent to an activating group) is 2. The molecule has 1 atom stereocenters. The van der Waals surface area contributed by atoms with Gasteiger partial charge < -0.3 is 15.1 Å². The number of hydrogen-bond acceptors (Lipinski definition) is 3. The van der Waals surface area contributed by atoms with Crippen molar-refractivity contribution in [3.05, 3.63) is 52.2 Å². The minimum absolute atomic E-state index is 0.0295. The molecular formula is C18H24N3O2S+. The summed E-state index contributed by atoms with van der Waals surface area (Å²) in [7, 11) is 3.64. The zero-order valence-electron chi connectivity index (χ0n) is 14.3. The van der Waals surface area contributed by atoms with Crippen LogP contribution in [0, 0.1) is 6.92 Å². The Labute approximate surface area is 146 Å². The first-order valence-electron chi connectivity index (χ1n) is 7.87. The van der Waals surface area contributed by atoms with E-state index in [0.29, 0.717) is 13.1 Å². The third kappa shape index (κ3) is 5.79. The summed E-state index contributed by atoms with van der Waals surface area (Å²) in [5, 5.41) is 6.89. The van der Waals surface area contributed by atoms with Crippen LogP contribution in [0.1, 0.15) is 11.1 Å². The predicted molar refractivity (Wildman–Crippen MR) is 97.2 cm³/mol. The minimum atomic E-state index is -0.0929. The summed E-state index contributed by atoms with van der Waals surface area (Å²) in [6.45, 7) is 3.15. The second kappa shape index (κ2) is 8.61. The zero-order chi connectivity index (χ0) is 17.5. The molecule has 5 nitrogen and oxygen atoms in total. The molecule has 6 heteroatoms. The maximum atomic E-state index is 12.2. The van der Waals surface area contributed by atoms with Gasteiger partial charge in [0.05, 0.1) is 7.05 Å². The topological polar surface area (TPSA) is 53.9 Å². The fraction of sp³-hybridized carbons (Fsp3) is 0.333. The Bertz CT molecular complexity index is 668. The van der Waals surface area contributed by atoms with Crippen molar-refractivity contribution in [2.75, 3.05) is 32.5 Å². The molecular weight excluding hydrogens is 322 g/mol. The molecule has 2 N–H and O–H groups in total. The molecule has 2 amide bonds. The summed E-state index contributed by atoms with van der Waals surface area (Å²) >= 11 is 1.62. The van der Waals surface area contributed by atoms with Crippen molar-refractivity contribution >= 4 is 28.8 Å². The van der Waals surface area contributed by atoms with Crippen LogP contribution in [-0.4, -0.2) is 43.9 Å². The molecule has 2 aromatic rings. The van der Waals surface area contributed by atoms with E-state index in [9.17, 15) is 9.59 Å². The van der Waals surface area contributed by atoms with Gasteiger partial charge in [-0.05, 0) is 41.4 Å². The number of thiophene rings is 1. The van der Waals surface area contributed by atoms with E-state index in [1.54, 1.807) is 23.3 Å².